The minimum atomic E-state index is -1.43. The van der Waals surface area contributed by atoms with E-state index in [4.69, 9.17) is 9.84 Å². The number of carboxylic acids is 1. The first-order valence-electron chi connectivity index (χ1n) is 11.3. The number of aromatic carboxylic acids is 1. The van der Waals surface area contributed by atoms with E-state index in [0.717, 1.165) is 34.4 Å². The van der Waals surface area contributed by atoms with Crippen LogP contribution >= 0.6 is 0 Å². The largest absolute Gasteiger partial charge is 0.478 e. The van der Waals surface area contributed by atoms with Crippen LogP contribution < -0.4 is 10.6 Å². The lowest BCUT2D eigenvalue weighted by Gasteiger charge is -2.19. The van der Waals surface area contributed by atoms with Crippen molar-refractivity contribution < 1.29 is 28.6 Å². The topological polar surface area (TPSA) is 105 Å². The van der Waals surface area contributed by atoms with Crippen molar-refractivity contribution >= 4 is 23.7 Å². The van der Waals surface area contributed by atoms with Crippen LogP contribution in [0.3, 0.4) is 0 Å². The standard InChI is InChI=1S/C27H25FN2O5/c1-2-16(14-25(31)29-17-11-12-24(28)22(13-17)26(32)33)30-27(34)35-15-23-20-9-5-3-7-18(20)19-8-4-6-10-21(19)23/h3-13,16,23H,2,14-15H2,1H3,(H,29,31)(H,30,34)(H,32,33)/t16-/m1/s1. The monoisotopic (exact) mass is 476 g/mol. The number of halogens is 1. The third kappa shape index (κ3) is 5.32. The first kappa shape index (κ1) is 23.9. The lowest BCUT2D eigenvalue weighted by Crippen LogP contribution is -2.38. The number of fused-ring (bicyclic) bond motifs is 3. The van der Waals surface area contributed by atoms with Crippen molar-refractivity contribution in [3.8, 4) is 11.1 Å². The molecule has 0 fully saturated rings. The van der Waals surface area contributed by atoms with Crippen molar-refractivity contribution in [2.45, 2.75) is 31.7 Å². The van der Waals surface area contributed by atoms with Crippen LogP contribution in [0.15, 0.2) is 66.7 Å². The van der Waals surface area contributed by atoms with Crippen molar-refractivity contribution in [3.05, 3.63) is 89.2 Å². The van der Waals surface area contributed by atoms with Gasteiger partial charge < -0.3 is 20.5 Å². The van der Waals surface area contributed by atoms with E-state index in [1.165, 1.54) is 6.07 Å². The molecular formula is C27H25FN2O5. The summed E-state index contributed by atoms with van der Waals surface area (Å²) in [6, 6.07) is 18.9. The highest BCUT2D eigenvalue weighted by Crippen LogP contribution is 2.44. The van der Waals surface area contributed by atoms with Crippen LogP contribution in [0, 0.1) is 5.82 Å². The second kappa shape index (κ2) is 10.4. The van der Waals surface area contributed by atoms with Gasteiger partial charge in [0.2, 0.25) is 5.91 Å². The van der Waals surface area contributed by atoms with Gasteiger partial charge >= 0.3 is 12.1 Å². The smallest absolute Gasteiger partial charge is 0.407 e. The fraction of sp³-hybridized carbons (Fsp3) is 0.222. The predicted molar refractivity (Wildman–Crippen MR) is 129 cm³/mol. The van der Waals surface area contributed by atoms with E-state index >= 15 is 0 Å². The summed E-state index contributed by atoms with van der Waals surface area (Å²) < 4.78 is 19.1. The zero-order valence-electron chi connectivity index (χ0n) is 19.1. The average Bonchev–Trinajstić information content (AvgIpc) is 3.17. The Bertz CT molecular complexity index is 1230. The Balaban J connectivity index is 1.34. The number of alkyl carbamates (subject to hydrolysis) is 1. The molecule has 1 aliphatic carbocycles. The van der Waals surface area contributed by atoms with Gasteiger partial charge in [0.25, 0.3) is 0 Å². The lowest BCUT2D eigenvalue weighted by atomic mass is 9.98. The SMILES string of the molecule is CC[C@H](CC(=O)Nc1ccc(F)c(C(=O)O)c1)NC(=O)OCC1c2ccccc2-c2ccccc21. The number of amides is 2. The summed E-state index contributed by atoms with van der Waals surface area (Å²) >= 11 is 0. The van der Waals surface area contributed by atoms with Gasteiger partial charge in [-0.25, -0.2) is 14.0 Å². The van der Waals surface area contributed by atoms with Gasteiger partial charge in [-0.2, -0.15) is 0 Å². The fourth-order valence-corrected chi connectivity index (χ4v) is 4.31. The molecule has 0 bridgehead atoms. The van der Waals surface area contributed by atoms with Gasteiger partial charge in [-0.15, -0.1) is 0 Å². The zero-order chi connectivity index (χ0) is 24.9. The van der Waals surface area contributed by atoms with Crippen LogP contribution in [0.4, 0.5) is 14.9 Å². The lowest BCUT2D eigenvalue weighted by molar-refractivity contribution is -0.116. The Morgan fingerprint density at radius 1 is 1.00 bits per heavy atom. The Morgan fingerprint density at radius 3 is 2.23 bits per heavy atom. The zero-order valence-corrected chi connectivity index (χ0v) is 19.1. The van der Waals surface area contributed by atoms with Gasteiger partial charge in [-0.05, 0) is 46.9 Å². The molecule has 3 aromatic rings. The quantitative estimate of drug-likeness (QED) is 0.416. The van der Waals surface area contributed by atoms with Crippen LogP contribution in [0.2, 0.25) is 0 Å². The average molecular weight is 477 g/mol. The Kier molecular flexibility index (Phi) is 7.10. The highest BCUT2D eigenvalue weighted by molar-refractivity contribution is 5.94. The fourth-order valence-electron chi connectivity index (χ4n) is 4.31. The minimum absolute atomic E-state index is 0.0551. The number of anilines is 1. The van der Waals surface area contributed by atoms with Crippen LogP contribution in [0.25, 0.3) is 11.1 Å². The molecule has 0 heterocycles. The predicted octanol–water partition coefficient (Wildman–Crippen LogP) is 5.17. The first-order valence-corrected chi connectivity index (χ1v) is 11.3. The van der Waals surface area contributed by atoms with Crippen molar-refractivity contribution in [1.29, 1.82) is 0 Å². The Morgan fingerprint density at radius 2 is 1.63 bits per heavy atom. The Labute approximate surface area is 201 Å². The molecule has 0 radical (unpaired) electrons. The molecule has 4 rings (SSSR count). The molecule has 1 atom stereocenters. The van der Waals surface area contributed by atoms with Crippen LogP contribution in [0.1, 0.15) is 47.2 Å². The van der Waals surface area contributed by atoms with E-state index in [-0.39, 0.29) is 24.6 Å². The molecule has 0 saturated heterocycles. The number of carbonyl (C=O) groups is 3. The van der Waals surface area contributed by atoms with Crippen molar-refractivity contribution in [2.75, 3.05) is 11.9 Å². The molecule has 0 aliphatic heterocycles. The summed E-state index contributed by atoms with van der Waals surface area (Å²) in [5.41, 5.74) is 4.09. The molecule has 0 spiro atoms. The highest BCUT2D eigenvalue weighted by Gasteiger charge is 2.29. The van der Waals surface area contributed by atoms with Gasteiger partial charge in [-0.1, -0.05) is 55.5 Å². The van der Waals surface area contributed by atoms with Gasteiger partial charge in [0.15, 0.2) is 0 Å². The van der Waals surface area contributed by atoms with Crippen LogP contribution in [0.5, 0.6) is 0 Å². The number of ether oxygens (including phenoxy) is 1. The summed E-state index contributed by atoms with van der Waals surface area (Å²) in [6.45, 7) is 1.98. The molecule has 3 aromatic carbocycles. The van der Waals surface area contributed by atoms with Crippen molar-refractivity contribution in [3.63, 3.8) is 0 Å². The molecule has 1 aliphatic rings. The van der Waals surface area contributed by atoms with Crippen LogP contribution in [-0.2, 0) is 9.53 Å². The third-order valence-corrected chi connectivity index (χ3v) is 6.07. The van der Waals surface area contributed by atoms with E-state index in [0.29, 0.717) is 6.42 Å². The number of carbonyl (C=O) groups excluding carboxylic acids is 2. The summed E-state index contributed by atoms with van der Waals surface area (Å²) in [4.78, 5) is 36.0. The summed E-state index contributed by atoms with van der Waals surface area (Å²) in [5, 5.41) is 14.3. The molecule has 0 aromatic heterocycles. The second-order valence-corrected chi connectivity index (χ2v) is 8.33. The third-order valence-electron chi connectivity index (χ3n) is 6.07. The number of benzene rings is 3. The minimum Gasteiger partial charge on any atom is -0.478 e. The Hall–Kier alpha value is -4.20. The molecular weight excluding hydrogens is 451 g/mol. The highest BCUT2D eigenvalue weighted by atomic mass is 19.1. The van der Waals surface area contributed by atoms with Gasteiger partial charge in [0.05, 0.1) is 5.56 Å². The molecule has 2 amide bonds. The molecule has 7 nitrogen and oxygen atoms in total. The molecule has 180 valence electrons. The number of hydrogen-bond donors (Lipinski definition) is 3. The summed E-state index contributed by atoms with van der Waals surface area (Å²) in [6.07, 6.45) is -0.205. The van der Waals surface area contributed by atoms with Gasteiger partial charge in [0.1, 0.15) is 12.4 Å². The number of carboxylic acid groups (broad SMARTS) is 1. The normalized spacial score (nSPS) is 12.9. The van der Waals surface area contributed by atoms with Crippen molar-refractivity contribution in [1.82, 2.24) is 5.32 Å². The van der Waals surface area contributed by atoms with Gasteiger partial charge in [0, 0.05) is 24.1 Å². The van der Waals surface area contributed by atoms with Gasteiger partial charge in [-0.3, -0.25) is 4.79 Å². The number of rotatable bonds is 8. The molecule has 35 heavy (non-hydrogen) atoms. The maximum Gasteiger partial charge on any atom is 0.407 e. The molecule has 0 unspecified atom stereocenters. The van der Waals surface area contributed by atoms with E-state index in [9.17, 15) is 18.8 Å². The molecule has 3 N–H and O–H groups in total. The van der Waals surface area contributed by atoms with E-state index in [1.54, 1.807) is 0 Å². The van der Waals surface area contributed by atoms with E-state index < -0.39 is 35.4 Å². The summed E-state index contributed by atoms with van der Waals surface area (Å²) in [5.74, 6) is -2.84. The molecule has 0 saturated carbocycles. The maximum atomic E-state index is 13.6. The maximum absolute atomic E-state index is 13.6. The number of hydrogen-bond acceptors (Lipinski definition) is 4. The number of nitrogens with one attached hydrogen (secondary N) is 2. The first-order chi connectivity index (χ1) is 16.9. The van der Waals surface area contributed by atoms with Crippen molar-refractivity contribution in [2.24, 2.45) is 0 Å². The second-order valence-electron chi connectivity index (χ2n) is 8.33. The molecule has 8 heteroatoms. The van der Waals surface area contributed by atoms with E-state index in [2.05, 4.69) is 22.8 Å². The van der Waals surface area contributed by atoms with E-state index in [1.807, 2.05) is 43.3 Å². The van der Waals surface area contributed by atoms with Crippen LogP contribution in [-0.4, -0.2) is 35.7 Å². The summed E-state index contributed by atoms with van der Waals surface area (Å²) in [7, 11) is 0.